The van der Waals surface area contributed by atoms with Gasteiger partial charge in [-0.2, -0.15) is 11.3 Å². The van der Waals surface area contributed by atoms with Crippen molar-refractivity contribution >= 4 is 17.4 Å². The molecule has 7 heteroatoms. The zero-order valence-electron chi connectivity index (χ0n) is 12.1. The van der Waals surface area contributed by atoms with E-state index in [4.69, 9.17) is 0 Å². The third-order valence-electron chi connectivity index (χ3n) is 3.68. The Morgan fingerprint density at radius 2 is 2.43 bits per heavy atom. The summed E-state index contributed by atoms with van der Waals surface area (Å²) in [6.45, 7) is 2.11. The van der Waals surface area contributed by atoms with Crippen molar-refractivity contribution in [2.24, 2.45) is 0 Å². The third-order valence-corrected chi connectivity index (χ3v) is 4.41. The summed E-state index contributed by atoms with van der Waals surface area (Å²) in [6.07, 6.45) is 2.97. The Morgan fingerprint density at radius 3 is 3.24 bits per heavy atom. The molecule has 0 atom stereocenters. The van der Waals surface area contributed by atoms with Gasteiger partial charge >= 0.3 is 6.03 Å². The fourth-order valence-electron chi connectivity index (χ4n) is 2.50. The van der Waals surface area contributed by atoms with E-state index in [1.54, 1.807) is 23.3 Å². The van der Waals surface area contributed by atoms with Gasteiger partial charge < -0.3 is 14.8 Å². The molecule has 0 saturated carbocycles. The number of urea groups is 1. The average Bonchev–Trinajstić information content (AvgIpc) is 3.17. The van der Waals surface area contributed by atoms with Crippen molar-refractivity contribution < 1.29 is 4.79 Å². The lowest BCUT2D eigenvalue weighted by atomic mass is 10.2. The van der Waals surface area contributed by atoms with Gasteiger partial charge in [0.25, 0.3) is 0 Å². The van der Waals surface area contributed by atoms with Gasteiger partial charge in [-0.15, -0.1) is 10.2 Å². The summed E-state index contributed by atoms with van der Waals surface area (Å²) in [5, 5.41) is 15.4. The number of fused-ring (bicyclic) bond motifs is 1. The predicted octanol–water partition coefficient (Wildman–Crippen LogP) is 1.67. The highest BCUT2D eigenvalue weighted by Gasteiger charge is 2.19. The molecule has 1 aliphatic rings. The first-order valence-corrected chi connectivity index (χ1v) is 8.09. The number of carbonyl (C=O) groups is 1. The van der Waals surface area contributed by atoms with Crippen LogP contribution in [0.1, 0.15) is 23.6 Å². The topological polar surface area (TPSA) is 63.1 Å². The molecule has 2 amide bonds. The van der Waals surface area contributed by atoms with E-state index in [1.807, 2.05) is 0 Å². The first-order chi connectivity index (χ1) is 10.2. The van der Waals surface area contributed by atoms with Crippen LogP contribution >= 0.6 is 11.3 Å². The van der Waals surface area contributed by atoms with Crippen molar-refractivity contribution in [3.63, 3.8) is 0 Å². The Balaban J connectivity index is 1.48. The van der Waals surface area contributed by atoms with Gasteiger partial charge in [0.2, 0.25) is 0 Å². The number of nitrogens with one attached hydrogen (secondary N) is 1. The van der Waals surface area contributed by atoms with Gasteiger partial charge in [-0.1, -0.05) is 0 Å². The number of aryl methyl sites for hydroxylation is 1. The zero-order chi connectivity index (χ0) is 14.7. The van der Waals surface area contributed by atoms with E-state index in [9.17, 15) is 4.79 Å². The predicted molar refractivity (Wildman–Crippen MR) is 81.2 cm³/mol. The lowest BCUT2D eigenvalue weighted by Crippen LogP contribution is -2.38. The standard InChI is InChI=1S/C14H19N5OS/c1-18(9-13-17-16-12-3-2-7-19(12)13)14(20)15-6-4-11-5-8-21-10-11/h5,8,10H,2-4,6-7,9H2,1H3,(H,15,20). The lowest BCUT2D eigenvalue weighted by molar-refractivity contribution is 0.205. The minimum absolute atomic E-state index is 0.0689. The second-order valence-electron chi connectivity index (χ2n) is 5.26. The van der Waals surface area contributed by atoms with E-state index in [0.29, 0.717) is 13.1 Å². The second kappa shape index (κ2) is 6.26. The molecule has 0 saturated heterocycles. The number of amides is 2. The van der Waals surface area contributed by atoms with Gasteiger partial charge in [0, 0.05) is 26.6 Å². The van der Waals surface area contributed by atoms with Gasteiger partial charge in [-0.3, -0.25) is 0 Å². The van der Waals surface area contributed by atoms with Gasteiger partial charge in [0.1, 0.15) is 5.82 Å². The molecule has 6 nitrogen and oxygen atoms in total. The lowest BCUT2D eigenvalue weighted by Gasteiger charge is -2.17. The third kappa shape index (κ3) is 3.24. The summed E-state index contributed by atoms with van der Waals surface area (Å²) in [6, 6.07) is 2.01. The molecule has 2 aromatic rings. The molecule has 0 aromatic carbocycles. The Morgan fingerprint density at radius 1 is 1.52 bits per heavy atom. The Hall–Kier alpha value is -1.89. The van der Waals surface area contributed by atoms with Crippen molar-refractivity contribution in [2.75, 3.05) is 13.6 Å². The Kier molecular flexibility index (Phi) is 4.19. The molecule has 0 radical (unpaired) electrons. The normalized spacial score (nSPS) is 13.2. The van der Waals surface area contributed by atoms with Crippen LogP contribution in [0.25, 0.3) is 0 Å². The summed E-state index contributed by atoms with van der Waals surface area (Å²) in [5.41, 5.74) is 1.26. The number of hydrogen-bond donors (Lipinski definition) is 1. The smallest absolute Gasteiger partial charge is 0.317 e. The average molecular weight is 305 g/mol. The fourth-order valence-corrected chi connectivity index (χ4v) is 3.20. The molecular formula is C14H19N5OS. The molecule has 0 bridgehead atoms. The van der Waals surface area contributed by atoms with Crippen molar-refractivity contribution in [1.82, 2.24) is 25.0 Å². The summed E-state index contributed by atoms with van der Waals surface area (Å²) in [4.78, 5) is 13.7. The van der Waals surface area contributed by atoms with Crippen LogP contribution in [0.4, 0.5) is 4.79 Å². The summed E-state index contributed by atoms with van der Waals surface area (Å²) in [5.74, 6) is 1.91. The molecule has 0 unspecified atom stereocenters. The molecule has 3 heterocycles. The second-order valence-corrected chi connectivity index (χ2v) is 6.04. The van der Waals surface area contributed by atoms with E-state index >= 15 is 0 Å². The van der Waals surface area contributed by atoms with Gasteiger partial charge in [-0.25, -0.2) is 4.79 Å². The van der Waals surface area contributed by atoms with Crippen LogP contribution in [0.15, 0.2) is 16.8 Å². The van der Waals surface area contributed by atoms with Crippen molar-refractivity contribution in [3.8, 4) is 0 Å². The highest BCUT2D eigenvalue weighted by atomic mass is 32.1. The molecule has 0 aliphatic carbocycles. The maximum absolute atomic E-state index is 12.1. The highest BCUT2D eigenvalue weighted by Crippen LogP contribution is 2.14. The minimum Gasteiger partial charge on any atom is -0.338 e. The SMILES string of the molecule is CN(Cc1nnc2n1CCC2)C(=O)NCCc1ccsc1. The van der Waals surface area contributed by atoms with E-state index in [1.165, 1.54) is 5.56 Å². The monoisotopic (exact) mass is 305 g/mol. The summed E-state index contributed by atoms with van der Waals surface area (Å²) >= 11 is 1.68. The van der Waals surface area contributed by atoms with Crippen LogP contribution in [0.2, 0.25) is 0 Å². The van der Waals surface area contributed by atoms with E-state index in [-0.39, 0.29) is 6.03 Å². The maximum atomic E-state index is 12.1. The van der Waals surface area contributed by atoms with Crippen LogP contribution in [-0.4, -0.2) is 39.3 Å². The molecular weight excluding hydrogens is 286 g/mol. The number of aromatic nitrogens is 3. The molecule has 3 rings (SSSR count). The van der Waals surface area contributed by atoms with E-state index in [0.717, 1.165) is 37.5 Å². The van der Waals surface area contributed by atoms with Crippen molar-refractivity contribution in [1.29, 1.82) is 0 Å². The van der Waals surface area contributed by atoms with E-state index < -0.39 is 0 Å². The first-order valence-electron chi connectivity index (χ1n) is 7.15. The number of rotatable bonds is 5. The summed E-state index contributed by atoms with van der Waals surface area (Å²) < 4.78 is 2.12. The molecule has 0 fully saturated rings. The van der Waals surface area contributed by atoms with Crippen molar-refractivity contribution in [3.05, 3.63) is 34.0 Å². The van der Waals surface area contributed by atoms with Crippen LogP contribution in [0, 0.1) is 0 Å². The van der Waals surface area contributed by atoms with Crippen molar-refractivity contribution in [2.45, 2.75) is 32.4 Å². The zero-order valence-corrected chi connectivity index (χ0v) is 12.9. The Bertz CT molecular complexity index is 607. The maximum Gasteiger partial charge on any atom is 0.317 e. The summed E-state index contributed by atoms with van der Waals surface area (Å²) in [7, 11) is 1.79. The molecule has 112 valence electrons. The minimum atomic E-state index is -0.0689. The van der Waals surface area contributed by atoms with Crippen LogP contribution in [0.5, 0.6) is 0 Å². The number of thiophene rings is 1. The van der Waals surface area contributed by atoms with Gasteiger partial charge in [0.05, 0.1) is 6.54 Å². The molecule has 1 aliphatic heterocycles. The molecule has 0 spiro atoms. The molecule has 2 aromatic heterocycles. The number of hydrogen-bond acceptors (Lipinski definition) is 4. The van der Waals surface area contributed by atoms with Crippen LogP contribution in [-0.2, 0) is 25.9 Å². The number of nitrogens with zero attached hydrogens (tertiary/aromatic N) is 4. The molecule has 1 N–H and O–H groups in total. The van der Waals surface area contributed by atoms with Crippen LogP contribution < -0.4 is 5.32 Å². The first kappa shape index (κ1) is 14.1. The molecule has 21 heavy (non-hydrogen) atoms. The van der Waals surface area contributed by atoms with E-state index in [2.05, 4.69) is 36.9 Å². The van der Waals surface area contributed by atoms with Gasteiger partial charge in [0.15, 0.2) is 5.82 Å². The van der Waals surface area contributed by atoms with Crippen LogP contribution in [0.3, 0.4) is 0 Å². The quantitative estimate of drug-likeness (QED) is 0.914. The number of carbonyl (C=O) groups excluding carboxylic acids is 1. The Labute approximate surface area is 127 Å². The highest BCUT2D eigenvalue weighted by molar-refractivity contribution is 7.07. The fraction of sp³-hybridized carbons (Fsp3) is 0.500. The largest absolute Gasteiger partial charge is 0.338 e. The van der Waals surface area contributed by atoms with Gasteiger partial charge in [-0.05, 0) is 35.2 Å².